The molecule has 0 saturated carbocycles. The van der Waals surface area contributed by atoms with Crippen LogP contribution in [0.15, 0.2) is 18.3 Å². The highest BCUT2D eigenvalue weighted by Gasteiger charge is 2.31. The number of ether oxygens (including phenoxy) is 1. The summed E-state index contributed by atoms with van der Waals surface area (Å²) in [5.74, 6) is -0.146. The van der Waals surface area contributed by atoms with Crippen LogP contribution in [0.4, 0.5) is 10.5 Å². The fraction of sp³-hybridized carbons (Fsp3) is 0.619. The molecule has 0 bridgehead atoms. The van der Waals surface area contributed by atoms with Crippen molar-refractivity contribution in [1.82, 2.24) is 9.88 Å². The molecular formula is C21H31N3O4. The van der Waals surface area contributed by atoms with Crippen LogP contribution >= 0.6 is 0 Å². The molecular weight excluding hydrogens is 358 g/mol. The van der Waals surface area contributed by atoms with Gasteiger partial charge in [0.05, 0.1) is 0 Å². The number of hydrogen-bond donors (Lipinski definition) is 0. The quantitative estimate of drug-likeness (QED) is 0.720. The molecule has 1 saturated heterocycles. The van der Waals surface area contributed by atoms with Gasteiger partial charge >= 0.3 is 6.09 Å². The van der Waals surface area contributed by atoms with Gasteiger partial charge in [0, 0.05) is 44.4 Å². The van der Waals surface area contributed by atoms with Crippen LogP contribution in [0.3, 0.4) is 0 Å². The van der Waals surface area contributed by atoms with Crippen LogP contribution in [0.5, 0.6) is 0 Å². The number of carbonyl (C=O) groups is 3. The smallest absolute Gasteiger partial charge is 0.410 e. The van der Waals surface area contributed by atoms with Gasteiger partial charge in [-0.15, -0.1) is 0 Å². The topological polar surface area (TPSA) is 79.8 Å². The van der Waals surface area contributed by atoms with E-state index in [1.165, 1.54) is 0 Å². The lowest BCUT2D eigenvalue weighted by Crippen LogP contribution is -2.35. The van der Waals surface area contributed by atoms with E-state index in [9.17, 15) is 14.4 Å². The highest BCUT2D eigenvalue weighted by Crippen LogP contribution is 2.24. The van der Waals surface area contributed by atoms with Gasteiger partial charge in [0.2, 0.25) is 5.91 Å². The number of carbonyl (C=O) groups excluding carboxylic acids is 3. The molecule has 1 aliphatic rings. The summed E-state index contributed by atoms with van der Waals surface area (Å²) in [5, 5.41) is 0. The second-order valence-corrected chi connectivity index (χ2v) is 8.66. The maximum absolute atomic E-state index is 12.7. The monoisotopic (exact) mass is 389 g/mol. The van der Waals surface area contributed by atoms with Gasteiger partial charge in [-0.25, -0.2) is 4.79 Å². The largest absolute Gasteiger partial charge is 0.444 e. The number of aromatic nitrogens is 1. The number of pyridine rings is 1. The van der Waals surface area contributed by atoms with Gasteiger partial charge in [0.1, 0.15) is 11.3 Å². The van der Waals surface area contributed by atoms with E-state index < -0.39 is 5.60 Å². The predicted molar refractivity (Wildman–Crippen MR) is 107 cm³/mol. The first-order valence-corrected chi connectivity index (χ1v) is 9.72. The number of hydrogen-bond acceptors (Lipinski definition) is 5. The van der Waals surface area contributed by atoms with Crippen molar-refractivity contribution in [3.05, 3.63) is 24.0 Å². The summed E-state index contributed by atoms with van der Waals surface area (Å²) in [6.45, 7) is 10.3. The Labute approximate surface area is 167 Å². The molecule has 0 aliphatic carbocycles. The molecule has 154 valence electrons. The maximum atomic E-state index is 12.7. The van der Waals surface area contributed by atoms with Crippen molar-refractivity contribution in [2.24, 2.45) is 11.8 Å². The van der Waals surface area contributed by atoms with Crippen LogP contribution in [0.2, 0.25) is 0 Å². The number of likely N-dealkylation sites (tertiary alicyclic amines) is 1. The SMILES string of the molecule is CC(C)C(=O)N(C)c1ccnc(C(=O)C[C@@H]2CCN(C(=O)OC(C)(C)C)C2)c1. The summed E-state index contributed by atoms with van der Waals surface area (Å²) in [5.41, 5.74) is 0.463. The molecule has 7 nitrogen and oxygen atoms in total. The minimum absolute atomic E-state index is 0.0200. The zero-order valence-corrected chi connectivity index (χ0v) is 17.7. The Morgan fingerprint density at radius 3 is 2.61 bits per heavy atom. The van der Waals surface area contributed by atoms with Gasteiger partial charge < -0.3 is 14.5 Å². The van der Waals surface area contributed by atoms with Gasteiger partial charge in [0.15, 0.2) is 5.78 Å². The van der Waals surface area contributed by atoms with E-state index in [1.54, 1.807) is 35.2 Å². The summed E-state index contributed by atoms with van der Waals surface area (Å²) < 4.78 is 5.40. The summed E-state index contributed by atoms with van der Waals surface area (Å²) in [4.78, 5) is 44.4. The van der Waals surface area contributed by atoms with E-state index in [0.29, 0.717) is 30.9 Å². The first kappa shape index (κ1) is 21.9. The molecule has 0 N–H and O–H groups in total. The van der Waals surface area contributed by atoms with Crippen LogP contribution in [-0.4, -0.2) is 53.4 Å². The average molecular weight is 389 g/mol. The van der Waals surface area contributed by atoms with Gasteiger partial charge in [-0.1, -0.05) is 13.8 Å². The zero-order valence-electron chi connectivity index (χ0n) is 17.7. The molecule has 1 atom stereocenters. The van der Waals surface area contributed by atoms with Crippen molar-refractivity contribution in [3.63, 3.8) is 0 Å². The van der Waals surface area contributed by atoms with Crippen molar-refractivity contribution in [2.75, 3.05) is 25.0 Å². The fourth-order valence-corrected chi connectivity index (χ4v) is 3.15. The molecule has 1 aliphatic heterocycles. The van der Waals surface area contributed by atoms with Gasteiger partial charge in [-0.05, 0) is 45.2 Å². The van der Waals surface area contributed by atoms with E-state index in [-0.39, 0.29) is 29.6 Å². The number of nitrogens with zero attached hydrogens (tertiary/aromatic N) is 3. The van der Waals surface area contributed by atoms with E-state index in [2.05, 4.69) is 4.98 Å². The second kappa shape index (κ2) is 8.71. The average Bonchev–Trinajstić information content (AvgIpc) is 3.07. The summed E-state index contributed by atoms with van der Waals surface area (Å²) >= 11 is 0. The van der Waals surface area contributed by atoms with Crippen LogP contribution in [0, 0.1) is 11.8 Å². The minimum Gasteiger partial charge on any atom is -0.444 e. The Morgan fingerprint density at radius 2 is 2.00 bits per heavy atom. The molecule has 2 heterocycles. The van der Waals surface area contributed by atoms with Crippen LogP contribution < -0.4 is 4.90 Å². The summed E-state index contributed by atoms with van der Waals surface area (Å²) in [7, 11) is 1.70. The molecule has 0 spiro atoms. The molecule has 0 radical (unpaired) electrons. The van der Waals surface area contributed by atoms with E-state index >= 15 is 0 Å². The molecule has 0 unspecified atom stereocenters. The lowest BCUT2D eigenvalue weighted by atomic mass is 10.00. The number of anilines is 1. The standard InChI is InChI=1S/C21H31N3O4/c1-14(2)19(26)23(6)16-7-9-22-17(12-16)18(25)11-15-8-10-24(13-15)20(27)28-21(3,4)5/h7,9,12,14-15H,8,10-11,13H2,1-6H3/t15-/m0/s1. The van der Waals surface area contributed by atoms with Crippen molar-refractivity contribution in [1.29, 1.82) is 0 Å². The Hall–Kier alpha value is -2.44. The number of rotatable bonds is 5. The third-order valence-electron chi connectivity index (χ3n) is 4.65. The molecule has 1 aromatic heterocycles. The van der Waals surface area contributed by atoms with Crippen LogP contribution in [0.25, 0.3) is 0 Å². The Kier molecular flexibility index (Phi) is 6.80. The van der Waals surface area contributed by atoms with Gasteiger partial charge in [0.25, 0.3) is 0 Å². The third kappa shape index (κ3) is 5.78. The van der Waals surface area contributed by atoms with Crippen molar-refractivity contribution >= 4 is 23.5 Å². The number of Topliss-reactive ketones (excluding diaryl/α,β-unsaturated/α-hetero) is 1. The molecule has 1 aromatic rings. The lowest BCUT2D eigenvalue weighted by molar-refractivity contribution is -0.121. The molecule has 2 rings (SSSR count). The van der Waals surface area contributed by atoms with Crippen LogP contribution in [-0.2, 0) is 9.53 Å². The molecule has 28 heavy (non-hydrogen) atoms. The summed E-state index contributed by atoms with van der Waals surface area (Å²) in [6.07, 6.45) is 2.29. The number of ketones is 1. The highest BCUT2D eigenvalue weighted by atomic mass is 16.6. The Balaban J connectivity index is 1.98. The van der Waals surface area contributed by atoms with Crippen LogP contribution in [0.1, 0.15) is 57.9 Å². The predicted octanol–water partition coefficient (Wildman–Crippen LogP) is 3.53. The summed E-state index contributed by atoms with van der Waals surface area (Å²) in [6, 6.07) is 3.38. The van der Waals surface area contributed by atoms with Gasteiger partial charge in [-0.3, -0.25) is 14.6 Å². The van der Waals surface area contributed by atoms with E-state index in [4.69, 9.17) is 4.74 Å². The maximum Gasteiger partial charge on any atom is 0.410 e. The minimum atomic E-state index is -0.533. The van der Waals surface area contributed by atoms with Crippen molar-refractivity contribution in [2.45, 2.75) is 53.1 Å². The van der Waals surface area contributed by atoms with Gasteiger partial charge in [-0.2, -0.15) is 0 Å². The third-order valence-corrected chi connectivity index (χ3v) is 4.65. The molecule has 0 aromatic carbocycles. The molecule has 1 fully saturated rings. The second-order valence-electron chi connectivity index (χ2n) is 8.66. The zero-order chi connectivity index (χ0) is 21.1. The van der Waals surface area contributed by atoms with E-state index in [1.807, 2.05) is 34.6 Å². The Morgan fingerprint density at radius 1 is 1.32 bits per heavy atom. The Bertz CT molecular complexity index is 739. The first-order chi connectivity index (χ1) is 13.0. The van der Waals surface area contributed by atoms with Crippen molar-refractivity contribution < 1.29 is 19.1 Å². The van der Waals surface area contributed by atoms with E-state index in [0.717, 1.165) is 6.42 Å². The molecule has 2 amide bonds. The number of amides is 2. The lowest BCUT2D eigenvalue weighted by Gasteiger charge is -2.24. The highest BCUT2D eigenvalue weighted by molar-refractivity contribution is 5.98. The molecule has 7 heteroatoms. The van der Waals surface area contributed by atoms with Crippen molar-refractivity contribution in [3.8, 4) is 0 Å². The fourth-order valence-electron chi connectivity index (χ4n) is 3.15. The normalized spacial score (nSPS) is 17.0. The first-order valence-electron chi connectivity index (χ1n) is 9.72.